The van der Waals surface area contributed by atoms with Crippen LogP contribution in [0, 0.1) is 0 Å². The molecule has 1 rings (SSSR count). The molecule has 84 valence electrons. The SMILES string of the molecule is Oc1ccccc1SCCCCCCI. The number of thioether (sulfide) groups is 1. The molecule has 0 aliphatic rings. The second-order valence-electron chi connectivity index (χ2n) is 3.42. The van der Waals surface area contributed by atoms with Crippen LogP contribution < -0.4 is 0 Å². The number of hydrogen-bond donors (Lipinski definition) is 1. The van der Waals surface area contributed by atoms with E-state index < -0.39 is 0 Å². The largest absolute Gasteiger partial charge is 0.507 e. The number of alkyl halides is 1. The van der Waals surface area contributed by atoms with Gasteiger partial charge in [-0.2, -0.15) is 0 Å². The Morgan fingerprint density at radius 1 is 1.07 bits per heavy atom. The molecular formula is C12H17IOS. The minimum absolute atomic E-state index is 0.412. The smallest absolute Gasteiger partial charge is 0.129 e. The van der Waals surface area contributed by atoms with Crippen molar-refractivity contribution < 1.29 is 5.11 Å². The first-order valence-electron chi connectivity index (χ1n) is 5.31. The maximum Gasteiger partial charge on any atom is 0.129 e. The van der Waals surface area contributed by atoms with E-state index in [9.17, 15) is 5.11 Å². The highest BCUT2D eigenvalue weighted by atomic mass is 127. The molecule has 1 N–H and O–H groups in total. The second kappa shape index (κ2) is 8.28. The van der Waals surface area contributed by atoms with E-state index in [-0.39, 0.29) is 0 Å². The first-order valence-corrected chi connectivity index (χ1v) is 7.82. The lowest BCUT2D eigenvalue weighted by molar-refractivity contribution is 0.462. The van der Waals surface area contributed by atoms with Crippen LogP contribution >= 0.6 is 34.4 Å². The zero-order chi connectivity index (χ0) is 10.9. The van der Waals surface area contributed by atoms with Gasteiger partial charge in [-0.1, -0.05) is 47.6 Å². The van der Waals surface area contributed by atoms with Gasteiger partial charge in [0.05, 0.1) is 0 Å². The predicted octanol–water partition coefficient (Wildman–Crippen LogP) is 4.48. The van der Waals surface area contributed by atoms with Crippen molar-refractivity contribution in [1.82, 2.24) is 0 Å². The lowest BCUT2D eigenvalue weighted by atomic mass is 10.2. The van der Waals surface area contributed by atoms with Crippen molar-refractivity contribution in [3.63, 3.8) is 0 Å². The molecule has 0 spiro atoms. The summed E-state index contributed by atoms with van der Waals surface area (Å²) < 4.78 is 1.27. The summed E-state index contributed by atoms with van der Waals surface area (Å²) in [5, 5.41) is 9.53. The summed E-state index contributed by atoms with van der Waals surface area (Å²) >= 11 is 4.18. The van der Waals surface area contributed by atoms with Crippen LogP contribution in [-0.4, -0.2) is 15.3 Å². The van der Waals surface area contributed by atoms with Crippen LogP contribution in [0.4, 0.5) is 0 Å². The van der Waals surface area contributed by atoms with E-state index in [1.807, 2.05) is 18.2 Å². The molecule has 0 aliphatic heterocycles. The van der Waals surface area contributed by atoms with Gasteiger partial charge in [0.1, 0.15) is 5.75 Å². The molecule has 0 aliphatic carbocycles. The highest BCUT2D eigenvalue weighted by Crippen LogP contribution is 2.28. The molecule has 0 bridgehead atoms. The van der Waals surface area contributed by atoms with Gasteiger partial charge in [0.15, 0.2) is 0 Å². The van der Waals surface area contributed by atoms with Gasteiger partial charge in [0.2, 0.25) is 0 Å². The van der Waals surface area contributed by atoms with Gasteiger partial charge in [0.25, 0.3) is 0 Å². The first kappa shape index (κ1) is 13.2. The Bertz CT molecular complexity index is 278. The Morgan fingerprint density at radius 2 is 1.80 bits per heavy atom. The molecule has 15 heavy (non-hydrogen) atoms. The average Bonchev–Trinajstić information content (AvgIpc) is 2.25. The minimum Gasteiger partial charge on any atom is -0.507 e. The number of halogens is 1. The number of phenols is 1. The molecule has 0 saturated carbocycles. The summed E-state index contributed by atoms with van der Waals surface area (Å²) in [6.45, 7) is 0. The zero-order valence-electron chi connectivity index (χ0n) is 8.79. The number of aromatic hydroxyl groups is 1. The van der Waals surface area contributed by atoms with Crippen LogP contribution in [0.1, 0.15) is 25.7 Å². The first-order chi connectivity index (χ1) is 7.34. The number of phenolic OH excluding ortho intramolecular Hbond substituents is 1. The van der Waals surface area contributed by atoms with Gasteiger partial charge in [-0.25, -0.2) is 0 Å². The average molecular weight is 336 g/mol. The quantitative estimate of drug-likeness (QED) is 0.343. The fourth-order valence-corrected chi connectivity index (χ4v) is 2.81. The molecule has 1 aromatic carbocycles. The molecule has 1 aromatic rings. The lowest BCUT2D eigenvalue weighted by Crippen LogP contribution is -1.83. The Hall–Kier alpha value is 0.1000. The fraction of sp³-hybridized carbons (Fsp3) is 0.500. The van der Waals surface area contributed by atoms with Crippen LogP contribution in [0.3, 0.4) is 0 Å². The third-order valence-corrected chi connectivity index (χ3v) is 4.06. The van der Waals surface area contributed by atoms with Crippen molar-refractivity contribution in [2.75, 3.05) is 10.2 Å². The second-order valence-corrected chi connectivity index (χ2v) is 5.63. The van der Waals surface area contributed by atoms with Crippen molar-refractivity contribution in [2.45, 2.75) is 30.6 Å². The predicted molar refractivity (Wildman–Crippen MR) is 76.2 cm³/mol. The van der Waals surface area contributed by atoms with E-state index in [1.54, 1.807) is 17.8 Å². The Balaban J connectivity index is 2.12. The summed E-state index contributed by atoms with van der Waals surface area (Å²) in [5.74, 6) is 1.52. The van der Waals surface area contributed by atoms with Crippen molar-refractivity contribution in [3.8, 4) is 5.75 Å². The highest BCUT2D eigenvalue weighted by molar-refractivity contribution is 14.1. The summed E-state index contributed by atoms with van der Waals surface area (Å²) in [5.41, 5.74) is 0. The zero-order valence-corrected chi connectivity index (χ0v) is 11.8. The summed E-state index contributed by atoms with van der Waals surface area (Å²) in [6, 6.07) is 7.56. The maximum absolute atomic E-state index is 9.53. The van der Waals surface area contributed by atoms with Gasteiger partial charge in [-0.3, -0.25) is 0 Å². The molecule has 0 heterocycles. The van der Waals surface area contributed by atoms with E-state index in [0.717, 1.165) is 10.6 Å². The minimum atomic E-state index is 0.412. The Kier molecular flexibility index (Phi) is 7.26. The standard InChI is InChI=1S/C12H17IOS/c13-9-5-1-2-6-10-15-12-8-4-3-7-11(12)14/h3-4,7-8,14H,1-2,5-6,9-10H2. The van der Waals surface area contributed by atoms with Crippen LogP contribution in [-0.2, 0) is 0 Å². The lowest BCUT2D eigenvalue weighted by Gasteiger charge is -2.03. The monoisotopic (exact) mass is 336 g/mol. The Morgan fingerprint density at radius 3 is 2.53 bits per heavy atom. The van der Waals surface area contributed by atoms with Crippen molar-refractivity contribution in [1.29, 1.82) is 0 Å². The molecule has 0 radical (unpaired) electrons. The molecular weight excluding hydrogens is 319 g/mol. The van der Waals surface area contributed by atoms with E-state index in [1.165, 1.54) is 30.1 Å². The normalized spacial score (nSPS) is 10.5. The molecule has 0 aromatic heterocycles. The molecule has 0 amide bonds. The van der Waals surface area contributed by atoms with E-state index in [4.69, 9.17) is 0 Å². The van der Waals surface area contributed by atoms with Gasteiger partial charge in [-0.15, -0.1) is 11.8 Å². The topological polar surface area (TPSA) is 20.2 Å². The fourth-order valence-electron chi connectivity index (χ4n) is 1.31. The van der Waals surface area contributed by atoms with Crippen LogP contribution in [0.15, 0.2) is 29.2 Å². The third kappa shape index (κ3) is 5.66. The number of hydrogen-bond acceptors (Lipinski definition) is 2. The molecule has 3 heteroatoms. The van der Waals surface area contributed by atoms with Crippen molar-refractivity contribution in [2.24, 2.45) is 0 Å². The summed E-state index contributed by atoms with van der Waals surface area (Å²) in [6.07, 6.45) is 5.23. The maximum atomic E-state index is 9.53. The van der Waals surface area contributed by atoms with Gasteiger partial charge < -0.3 is 5.11 Å². The van der Waals surface area contributed by atoms with E-state index in [2.05, 4.69) is 22.6 Å². The molecule has 0 saturated heterocycles. The number of rotatable bonds is 7. The van der Waals surface area contributed by atoms with E-state index >= 15 is 0 Å². The molecule has 0 fully saturated rings. The number of unbranched alkanes of at least 4 members (excludes halogenated alkanes) is 3. The molecule has 0 unspecified atom stereocenters. The summed E-state index contributed by atoms with van der Waals surface area (Å²) in [7, 11) is 0. The van der Waals surface area contributed by atoms with Gasteiger partial charge in [0, 0.05) is 4.90 Å². The number of para-hydroxylation sites is 1. The van der Waals surface area contributed by atoms with Gasteiger partial charge >= 0.3 is 0 Å². The number of benzene rings is 1. The van der Waals surface area contributed by atoms with E-state index in [0.29, 0.717) is 5.75 Å². The summed E-state index contributed by atoms with van der Waals surface area (Å²) in [4.78, 5) is 1.01. The molecule has 0 atom stereocenters. The molecule has 1 nitrogen and oxygen atoms in total. The Labute approximate surface area is 110 Å². The van der Waals surface area contributed by atoms with Crippen LogP contribution in [0.2, 0.25) is 0 Å². The van der Waals surface area contributed by atoms with Crippen LogP contribution in [0.25, 0.3) is 0 Å². The van der Waals surface area contributed by atoms with Crippen LogP contribution in [0.5, 0.6) is 5.75 Å². The van der Waals surface area contributed by atoms with Crippen molar-refractivity contribution in [3.05, 3.63) is 24.3 Å². The highest BCUT2D eigenvalue weighted by Gasteiger charge is 1.99. The third-order valence-electron chi connectivity index (χ3n) is 2.15. The van der Waals surface area contributed by atoms with Crippen molar-refractivity contribution >= 4 is 34.4 Å². The van der Waals surface area contributed by atoms with Gasteiger partial charge in [-0.05, 0) is 35.2 Å².